The molecule has 1 heterocycles. The highest BCUT2D eigenvalue weighted by atomic mass is 19.1. The molecule has 0 spiro atoms. The summed E-state index contributed by atoms with van der Waals surface area (Å²) in [6.07, 6.45) is 2.13. The maximum absolute atomic E-state index is 12.8. The number of tetrazole rings is 1. The minimum absolute atomic E-state index is 0.281. The maximum Gasteiger partial charge on any atom is 0.162 e. The molecule has 0 radical (unpaired) electrons. The molecule has 0 atom stereocenters. The molecule has 0 aliphatic heterocycles. The summed E-state index contributed by atoms with van der Waals surface area (Å²) in [5.41, 5.74) is 4.42. The van der Waals surface area contributed by atoms with Crippen LogP contribution in [0.5, 0.6) is 0 Å². The largest absolute Gasteiger partial charge is 0.279 e. The van der Waals surface area contributed by atoms with E-state index in [0.29, 0.717) is 17.9 Å². The molecule has 3 aromatic rings. The summed E-state index contributed by atoms with van der Waals surface area (Å²) in [6.45, 7) is 0. The summed E-state index contributed by atoms with van der Waals surface area (Å²) >= 11 is 0. The van der Waals surface area contributed by atoms with Gasteiger partial charge >= 0.3 is 0 Å². The SMILES string of the molecule is Fc1ccc(NN=CCc2nnnn2-c2ccccc2)cc1. The number of halogens is 1. The molecule has 3 rings (SSSR count). The van der Waals surface area contributed by atoms with Gasteiger partial charge in [0.05, 0.1) is 11.4 Å². The Bertz CT molecular complexity index is 751. The van der Waals surface area contributed by atoms with E-state index >= 15 is 0 Å². The number of aromatic nitrogens is 4. The third-order valence-electron chi connectivity index (χ3n) is 2.94. The van der Waals surface area contributed by atoms with E-state index in [1.165, 1.54) is 12.1 Å². The lowest BCUT2D eigenvalue weighted by atomic mass is 10.3. The van der Waals surface area contributed by atoms with Crippen LogP contribution in [0.25, 0.3) is 5.69 Å². The zero-order chi connectivity index (χ0) is 15.2. The van der Waals surface area contributed by atoms with E-state index in [4.69, 9.17) is 0 Å². The fourth-order valence-electron chi connectivity index (χ4n) is 1.87. The zero-order valence-electron chi connectivity index (χ0n) is 11.6. The second kappa shape index (κ2) is 6.57. The quantitative estimate of drug-likeness (QED) is 0.580. The van der Waals surface area contributed by atoms with Crippen LogP contribution in [-0.4, -0.2) is 26.4 Å². The fraction of sp³-hybridized carbons (Fsp3) is 0.0667. The first-order valence-electron chi connectivity index (χ1n) is 6.69. The van der Waals surface area contributed by atoms with Crippen LogP contribution in [0.3, 0.4) is 0 Å². The van der Waals surface area contributed by atoms with Crippen LogP contribution in [0.4, 0.5) is 10.1 Å². The van der Waals surface area contributed by atoms with E-state index in [1.54, 1.807) is 23.0 Å². The lowest BCUT2D eigenvalue weighted by Crippen LogP contribution is -2.04. The average molecular weight is 296 g/mol. The summed E-state index contributed by atoms with van der Waals surface area (Å²) in [4.78, 5) is 0. The van der Waals surface area contributed by atoms with Crippen molar-refractivity contribution in [2.75, 3.05) is 5.43 Å². The summed E-state index contributed by atoms with van der Waals surface area (Å²) < 4.78 is 14.4. The van der Waals surface area contributed by atoms with Gasteiger partial charge in [0.1, 0.15) is 5.82 Å². The van der Waals surface area contributed by atoms with Crippen molar-refractivity contribution in [3.05, 3.63) is 66.2 Å². The Morgan fingerprint density at radius 1 is 1.09 bits per heavy atom. The Kier molecular flexibility index (Phi) is 4.15. The molecule has 0 bridgehead atoms. The molecule has 1 aromatic heterocycles. The number of hydrazone groups is 1. The highest BCUT2D eigenvalue weighted by molar-refractivity contribution is 5.62. The van der Waals surface area contributed by atoms with E-state index in [0.717, 1.165) is 5.69 Å². The molecule has 0 saturated carbocycles. The second-order valence-electron chi connectivity index (χ2n) is 4.48. The number of rotatable bonds is 5. The van der Waals surface area contributed by atoms with Crippen LogP contribution in [0.2, 0.25) is 0 Å². The molecule has 22 heavy (non-hydrogen) atoms. The van der Waals surface area contributed by atoms with Gasteiger partial charge in [0.2, 0.25) is 0 Å². The van der Waals surface area contributed by atoms with Crippen molar-refractivity contribution < 1.29 is 4.39 Å². The molecular formula is C15H13FN6. The predicted molar refractivity (Wildman–Crippen MR) is 81.4 cm³/mol. The maximum atomic E-state index is 12.8. The van der Waals surface area contributed by atoms with Gasteiger partial charge in [-0.2, -0.15) is 9.78 Å². The van der Waals surface area contributed by atoms with Crippen molar-refractivity contribution in [1.29, 1.82) is 0 Å². The van der Waals surface area contributed by atoms with Gasteiger partial charge in [-0.1, -0.05) is 18.2 Å². The number of hydrogen-bond acceptors (Lipinski definition) is 5. The average Bonchev–Trinajstić information content (AvgIpc) is 3.02. The number of benzene rings is 2. The van der Waals surface area contributed by atoms with E-state index in [-0.39, 0.29) is 5.82 Å². The second-order valence-corrected chi connectivity index (χ2v) is 4.48. The molecule has 6 nitrogen and oxygen atoms in total. The first-order valence-corrected chi connectivity index (χ1v) is 6.69. The Labute approximate surface area is 126 Å². The predicted octanol–water partition coefficient (Wildman–Crippen LogP) is 2.44. The molecule has 0 aliphatic rings. The lowest BCUT2D eigenvalue weighted by Gasteiger charge is -2.02. The summed E-state index contributed by atoms with van der Waals surface area (Å²) in [6, 6.07) is 15.6. The summed E-state index contributed by atoms with van der Waals surface area (Å²) in [7, 11) is 0. The van der Waals surface area contributed by atoms with Crippen molar-refractivity contribution in [2.45, 2.75) is 6.42 Å². The van der Waals surface area contributed by atoms with Crippen LogP contribution in [0.1, 0.15) is 5.82 Å². The van der Waals surface area contributed by atoms with Crippen LogP contribution >= 0.6 is 0 Å². The monoisotopic (exact) mass is 296 g/mol. The third kappa shape index (κ3) is 3.32. The van der Waals surface area contributed by atoms with Gasteiger partial charge in [0, 0.05) is 12.6 Å². The van der Waals surface area contributed by atoms with Crippen molar-refractivity contribution in [3.8, 4) is 5.69 Å². The minimum atomic E-state index is -0.281. The van der Waals surface area contributed by atoms with Gasteiger partial charge in [-0.05, 0) is 46.8 Å². The molecule has 110 valence electrons. The standard InChI is InChI=1S/C15H13FN6/c16-12-6-8-13(9-7-12)18-17-11-10-15-19-20-21-22(15)14-4-2-1-3-5-14/h1-9,11,18H,10H2. The summed E-state index contributed by atoms with van der Waals surface area (Å²) in [5, 5.41) is 15.7. The topological polar surface area (TPSA) is 68.0 Å². The van der Waals surface area contributed by atoms with E-state index in [9.17, 15) is 4.39 Å². The van der Waals surface area contributed by atoms with Crippen molar-refractivity contribution >= 4 is 11.9 Å². The number of para-hydroxylation sites is 1. The fourth-order valence-corrected chi connectivity index (χ4v) is 1.87. The molecule has 7 heteroatoms. The lowest BCUT2D eigenvalue weighted by molar-refractivity contribution is 0.628. The highest BCUT2D eigenvalue weighted by Crippen LogP contribution is 2.08. The Morgan fingerprint density at radius 3 is 2.64 bits per heavy atom. The summed E-state index contributed by atoms with van der Waals surface area (Å²) in [5.74, 6) is 0.396. The molecular weight excluding hydrogens is 283 g/mol. The Hall–Kier alpha value is -3.09. The molecule has 0 saturated heterocycles. The van der Waals surface area contributed by atoms with Gasteiger partial charge in [-0.15, -0.1) is 5.10 Å². The third-order valence-corrected chi connectivity index (χ3v) is 2.94. The van der Waals surface area contributed by atoms with E-state index in [2.05, 4.69) is 26.1 Å². The Balaban J connectivity index is 1.64. The van der Waals surface area contributed by atoms with Gasteiger partial charge in [-0.3, -0.25) is 5.43 Å². The van der Waals surface area contributed by atoms with Crippen LogP contribution < -0.4 is 5.43 Å². The number of nitrogens with one attached hydrogen (secondary N) is 1. The van der Waals surface area contributed by atoms with Crippen molar-refractivity contribution in [2.24, 2.45) is 5.10 Å². The van der Waals surface area contributed by atoms with E-state index in [1.807, 2.05) is 30.3 Å². The van der Waals surface area contributed by atoms with E-state index < -0.39 is 0 Å². The van der Waals surface area contributed by atoms with Gasteiger partial charge in [0.15, 0.2) is 5.82 Å². The van der Waals surface area contributed by atoms with Gasteiger partial charge < -0.3 is 0 Å². The molecule has 0 aliphatic carbocycles. The Morgan fingerprint density at radius 2 is 1.86 bits per heavy atom. The van der Waals surface area contributed by atoms with Gasteiger partial charge in [0.25, 0.3) is 0 Å². The number of hydrogen-bond donors (Lipinski definition) is 1. The molecule has 0 fully saturated rings. The molecule has 1 N–H and O–H groups in total. The molecule has 0 amide bonds. The van der Waals surface area contributed by atoms with Crippen LogP contribution in [0, 0.1) is 5.82 Å². The highest BCUT2D eigenvalue weighted by Gasteiger charge is 2.05. The van der Waals surface area contributed by atoms with Gasteiger partial charge in [-0.25, -0.2) is 4.39 Å². The smallest absolute Gasteiger partial charge is 0.162 e. The number of anilines is 1. The van der Waals surface area contributed by atoms with Crippen LogP contribution in [0.15, 0.2) is 59.7 Å². The van der Waals surface area contributed by atoms with Crippen molar-refractivity contribution in [3.63, 3.8) is 0 Å². The zero-order valence-corrected chi connectivity index (χ0v) is 11.6. The number of nitrogens with zero attached hydrogens (tertiary/aromatic N) is 5. The molecule has 0 unspecified atom stereocenters. The minimum Gasteiger partial charge on any atom is -0.279 e. The normalized spacial score (nSPS) is 11.0. The molecule has 2 aromatic carbocycles. The van der Waals surface area contributed by atoms with Crippen molar-refractivity contribution in [1.82, 2.24) is 20.2 Å². The first-order chi connectivity index (χ1) is 10.8. The first kappa shape index (κ1) is 13.9. The van der Waals surface area contributed by atoms with Crippen LogP contribution in [-0.2, 0) is 6.42 Å².